The molecular weight excluding hydrogens is 288 g/mol. The van der Waals surface area contributed by atoms with E-state index in [9.17, 15) is 9.90 Å². The number of rotatable bonds is 4. The summed E-state index contributed by atoms with van der Waals surface area (Å²) < 4.78 is 5.88. The molecule has 132 valence electrons. The number of carbonyl (C=O) groups is 1. The molecule has 0 spiro atoms. The molecule has 23 heavy (non-hydrogen) atoms. The second-order valence-corrected chi connectivity index (χ2v) is 10.3. The molecule has 6 atom stereocenters. The second kappa shape index (κ2) is 4.97. The van der Waals surface area contributed by atoms with Gasteiger partial charge >= 0.3 is 5.97 Å². The van der Waals surface area contributed by atoms with Gasteiger partial charge < -0.3 is 9.84 Å². The van der Waals surface area contributed by atoms with E-state index in [4.69, 9.17) is 4.74 Å². The number of ether oxygens (including phenoxy) is 1. The number of fused-ring (bicyclic) bond motifs is 1. The summed E-state index contributed by atoms with van der Waals surface area (Å²) in [5.41, 5.74) is -0.537. The Morgan fingerprint density at radius 2 is 1.74 bits per heavy atom. The lowest BCUT2D eigenvalue weighted by molar-refractivity contribution is -0.172. The average molecular weight is 322 g/mol. The van der Waals surface area contributed by atoms with Gasteiger partial charge in [0.1, 0.15) is 6.10 Å². The van der Waals surface area contributed by atoms with Gasteiger partial charge in [-0.3, -0.25) is 4.79 Å². The highest BCUT2D eigenvalue weighted by atomic mass is 16.6. The lowest BCUT2D eigenvalue weighted by Gasteiger charge is -2.36. The Hall–Kier alpha value is -0.570. The highest BCUT2D eigenvalue weighted by Gasteiger charge is 2.66. The van der Waals surface area contributed by atoms with E-state index < -0.39 is 5.60 Å². The summed E-state index contributed by atoms with van der Waals surface area (Å²) in [5, 5.41) is 10.8. The lowest BCUT2D eigenvalue weighted by atomic mass is 9.83. The van der Waals surface area contributed by atoms with Gasteiger partial charge in [-0.05, 0) is 60.7 Å². The molecule has 0 aliphatic heterocycles. The van der Waals surface area contributed by atoms with Crippen molar-refractivity contribution in [3.8, 4) is 0 Å². The predicted octanol–water partition coefficient (Wildman–Crippen LogP) is 4.03. The van der Waals surface area contributed by atoms with Crippen molar-refractivity contribution in [1.29, 1.82) is 0 Å². The smallest absolute Gasteiger partial charge is 0.310 e. The van der Waals surface area contributed by atoms with Crippen LogP contribution in [0.2, 0.25) is 0 Å². The number of carbonyl (C=O) groups excluding carboxylic acids is 1. The van der Waals surface area contributed by atoms with E-state index in [0.29, 0.717) is 29.1 Å². The molecule has 3 nitrogen and oxygen atoms in total. The maximum absolute atomic E-state index is 12.7. The van der Waals surface area contributed by atoms with Crippen molar-refractivity contribution in [3.05, 3.63) is 0 Å². The van der Waals surface area contributed by atoms with E-state index >= 15 is 0 Å². The summed E-state index contributed by atoms with van der Waals surface area (Å²) >= 11 is 0. The SMILES string of the molecule is CC(C)C[C@@H]1[C@H](C(=O)O[C@@H]2C[C@@H]3[C@H](C[C@@]2(C)O)C3(C)C)C1(C)C. The molecule has 0 unspecified atom stereocenters. The van der Waals surface area contributed by atoms with Crippen LogP contribution in [0.4, 0.5) is 0 Å². The third kappa shape index (κ3) is 2.73. The van der Waals surface area contributed by atoms with Crippen LogP contribution >= 0.6 is 0 Å². The van der Waals surface area contributed by atoms with E-state index in [0.717, 1.165) is 19.3 Å². The van der Waals surface area contributed by atoms with Crippen LogP contribution in [0.25, 0.3) is 0 Å². The Morgan fingerprint density at radius 1 is 1.13 bits per heavy atom. The first-order chi connectivity index (χ1) is 10.4. The summed E-state index contributed by atoms with van der Waals surface area (Å²) in [6.07, 6.45) is 2.31. The van der Waals surface area contributed by atoms with Crippen molar-refractivity contribution in [3.63, 3.8) is 0 Å². The Labute approximate surface area is 141 Å². The average Bonchev–Trinajstić information content (AvgIpc) is 3.10. The minimum absolute atomic E-state index is 0.00522. The molecule has 3 fully saturated rings. The number of hydrogen-bond acceptors (Lipinski definition) is 3. The van der Waals surface area contributed by atoms with Crippen molar-refractivity contribution < 1.29 is 14.6 Å². The van der Waals surface area contributed by atoms with E-state index in [1.165, 1.54) is 0 Å². The summed E-state index contributed by atoms with van der Waals surface area (Å²) in [6.45, 7) is 15.1. The molecular formula is C20H34O3. The van der Waals surface area contributed by atoms with Crippen LogP contribution in [0.3, 0.4) is 0 Å². The van der Waals surface area contributed by atoms with Gasteiger partial charge in [-0.15, -0.1) is 0 Å². The fourth-order valence-corrected chi connectivity index (χ4v) is 5.34. The number of esters is 1. The van der Waals surface area contributed by atoms with Crippen molar-refractivity contribution in [2.45, 2.75) is 79.4 Å². The molecule has 3 saturated carbocycles. The zero-order chi connectivity index (χ0) is 17.4. The van der Waals surface area contributed by atoms with Crippen LogP contribution in [0.5, 0.6) is 0 Å². The zero-order valence-corrected chi connectivity index (χ0v) is 15.8. The predicted molar refractivity (Wildman–Crippen MR) is 90.7 cm³/mol. The molecule has 3 rings (SSSR count). The zero-order valence-electron chi connectivity index (χ0n) is 15.8. The van der Waals surface area contributed by atoms with Crippen molar-refractivity contribution >= 4 is 5.97 Å². The monoisotopic (exact) mass is 322 g/mol. The molecule has 3 aliphatic rings. The van der Waals surface area contributed by atoms with Crippen LogP contribution in [0.1, 0.15) is 67.7 Å². The van der Waals surface area contributed by atoms with E-state index in [1.807, 2.05) is 6.92 Å². The Balaban J connectivity index is 1.64. The standard InChI is InChI=1S/C20H34O3/c1-11(2)8-13-16(19(13,5)6)17(21)23-15-9-12-14(18(12,3)4)10-20(15,7)22/h11-16,22H,8-10H2,1-7H3/t12-,13-,14+,15-,16-,20-/m1/s1. The van der Waals surface area contributed by atoms with Crippen molar-refractivity contribution in [2.24, 2.45) is 40.4 Å². The molecule has 3 aliphatic carbocycles. The van der Waals surface area contributed by atoms with E-state index in [1.54, 1.807) is 0 Å². The quantitative estimate of drug-likeness (QED) is 0.795. The molecule has 0 aromatic heterocycles. The number of aliphatic hydroxyl groups is 1. The third-order valence-corrected chi connectivity index (χ3v) is 7.37. The van der Waals surface area contributed by atoms with Gasteiger partial charge in [0, 0.05) is 0 Å². The highest BCUT2D eigenvalue weighted by molar-refractivity contribution is 5.78. The van der Waals surface area contributed by atoms with Crippen LogP contribution < -0.4 is 0 Å². The first-order valence-electron chi connectivity index (χ1n) is 9.32. The third-order valence-electron chi connectivity index (χ3n) is 7.37. The summed E-state index contributed by atoms with van der Waals surface area (Å²) in [7, 11) is 0. The van der Waals surface area contributed by atoms with Gasteiger partial charge in [0.15, 0.2) is 0 Å². The van der Waals surface area contributed by atoms with E-state index in [-0.39, 0.29) is 23.4 Å². The first kappa shape index (κ1) is 17.3. The van der Waals surface area contributed by atoms with Gasteiger partial charge in [0.25, 0.3) is 0 Å². The maximum Gasteiger partial charge on any atom is 0.310 e. The minimum Gasteiger partial charge on any atom is -0.459 e. The topological polar surface area (TPSA) is 46.5 Å². The fourth-order valence-electron chi connectivity index (χ4n) is 5.34. The van der Waals surface area contributed by atoms with Crippen LogP contribution in [-0.4, -0.2) is 22.8 Å². The molecule has 0 aromatic carbocycles. The van der Waals surface area contributed by atoms with Crippen LogP contribution in [0.15, 0.2) is 0 Å². The first-order valence-corrected chi connectivity index (χ1v) is 9.32. The normalized spacial score (nSPS) is 46.2. The molecule has 3 heteroatoms. The molecule has 1 N–H and O–H groups in total. The molecule has 0 amide bonds. The van der Waals surface area contributed by atoms with Crippen molar-refractivity contribution in [1.82, 2.24) is 0 Å². The molecule has 0 aromatic rings. The van der Waals surface area contributed by atoms with Gasteiger partial charge in [-0.2, -0.15) is 0 Å². The maximum atomic E-state index is 12.7. The molecule has 0 saturated heterocycles. The largest absolute Gasteiger partial charge is 0.459 e. The molecule has 0 heterocycles. The highest BCUT2D eigenvalue weighted by Crippen LogP contribution is 2.67. The summed E-state index contributed by atoms with van der Waals surface area (Å²) in [4.78, 5) is 12.7. The second-order valence-electron chi connectivity index (χ2n) is 10.3. The summed E-state index contributed by atoms with van der Waals surface area (Å²) in [5.74, 6) is 2.13. The summed E-state index contributed by atoms with van der Waals surface area (Å²) in [6, 6.07) is 0. The van der Waals surface area contributed by atoms with Gasteiger partial charge in [0.2, 0.25) is 0 Å². The number of hydrogen-bond donors (Lipinski definition) is 1. The van der Waals surface area contributed by atoms with Gasteiger partial charge in [0.05, 0.1) is 11.5 Å². The molecule has 0 radical (unpaired) electrons. The Morgan fingerprint density at radius 3 is 2.30 bits per heavy atom. The van der Waals surface area contributed by atoms with Crippen LogP contribution in [-0.2, 0) is 9.53 Å². The van der Waals surface area contributed by atoms with Crippen LogP contribution in [0, 0.1) is 40.4 Å². The fraction of sp³-hybridized carbons (Fsp3) is 0.950. The Bertz CT molecular complexity index is 503. The lowest BCUT2D eigenvalue weighted by Crippen LogP contribution is -2.46. The minimum atomic E-state index is -0.878. The van der Waals surface area contributed by atoms with Gasteiger partial charge in [-0.25, -0.2) is 0 Å². The van der Waals surface area contributed by atoms with E-state index in [2.05, 4.69) is 41.5 Å². The van der Waals surface area contributed by atoms with Crippen molar-refractivity contribution in [2.75, 3.05) is 0 Å². The van der Waals surface area contributed by atoms with Gasteiger partial charge in [-0.1, -0.05) is 41.5 Å². The Kier molecular flexibility index (Phi) is 3.73. The molecule has 0 bridgehead atoms.